The zero-order valence-electron chi connectivity index (χ0n) is 21.5. The van der Waals surface area contributed by atoms with Crippen molar-refractivity contribution in [3.63, 3.8) is 0 Å². The van der Waals surface area contributed by atoms with Gasteiger partial charge < -0.3 is 14.5 Å². The minimum atomic E-state index is -0.520. The van der Waals surface area contributed by atoms with Crippen molar-refractivity contribution < 1.29 is 19.1 Å². The third-order valence-electron chi connectivity index (χ3n) is 9.07. The van der Waals surface area contributed by atoms with Crippen molar-refractivity contribution in [3.8, 4) is 11.5 Å². The van der Waals surface area contributed by atoms with E-state index in [4.69, 9.17) is 9.47 Å². The highest BCUT2D eigenvalue weighted by molar-refractivity contribution is 6.24. The molecule has 1 aromatic heterocycles. The first kappa shape index (κ1) is 23.1. The van der Waals surface area contributed by atoms with Crippen molar-refractivity contribution in [1.82, 2.24) is 4.98 Å². The maximum absolute atomic E-state index is 14.2. The topological polar surface area (TPSA) is 71.6 Å². The van der Waals surface area contributed by atoms with Gasteiger partial charge >= 0.3 is 0 Å². The van der Waals surface area contributed by atoms with E-state index in [1.54, 1.807) is 38.5 Å². The van der Waals surface area contributed by atoms with Crippen LogP contribution < -0.4 is 14.4 Å². The molecule has 6 nitrogen and oxygen atoms in total. The maximum Gasteiger partial charge on any atom is 0.243 e. The van der Waals surface area contributed by atoms with Crippen molar-refractivity contribution in [2.75, 3.05) is 19.1 Å². The number of nitrogens with zero attached hydrogens (tertiary/aromatic N) is 1. The number of aromatic nitrogens is 1. The second-order valence-electron chi connectivity index (χ2n) is 10.8. The number of rotatable bonds is 4. The Balaban J connectivity index is 1.38. The minimum absolute atomic E-state index is 0.0800. The summed E-state index contributed by atoms with van der Waals surface area (Å²) in [6.07, 6.45) is 2.93. The molecule has 0 bridgehead atoms. The van der Waals surface area contributed by atoms with Crippen molar-refractivity contribution in [2.45, 2.75) is 37.0 Å². The molecule has 1 saturated carbocycles. The van der Waals surface area contributed by atoms with E-state index in [0.29, 0.717) is 17.4 Å². The van der Waals surface area contributed by atoms with E-state index < -0.39 is 5.92 Å². The number of anilines is 1. The molecule has 3 aliphatic rings. The molecule has 3 aromatic carbocycles. The number of carbonyl (C=O) groups is 2. The van der Waals surface area contributed by atoms with Crippen LogP contribution in [-0.2, 0) is 9.59 Å². The number of aromatic amines is 1. The molecule has 1 aliphatic heterocycles. The summed E-state index contributed by atoms with van der Waals surface area (Å²) in [6.45, 7) is 0. The fourth-order valence-electron chi connectivity index (χ4n) is 7.39. The van der Waals surface area contributed by atoms with Gasteiger partial charge in [-0.1, -0.05) is 30.3 Å². The fraction of sp³-hybridized carbons (Fsp3) is 0.312. The first-order valence-corrected chi connectivity index (χ1v) is 13.4. The molecule has 1 N–H and O–H groups in total. The monoisotopic (exact) mass is 506 g/mol. The highest BCUT2D eigenvalue weighted by Crippen LogP contribution is 2.59. The van der Waals surface area contributed by atoms with Crippen LogP contribution in [0.3, 0.4) is 0 Å². The standard InChI is InChI=1S/C32H30N2O4/c1-37-21-11-9-20(10-12-21)34-31(35)28-24-16-19(18-6-4-3-5-7-18)8-14-23(24)27-25-17-22(38-2)13-15-26(25)33-30(27)29(28)32(34)36/h3-7,9-13,15,17,19,23-24,28-29,33H,8,14,16H2,1-2H3. The van der Waals surface area contributed by atoms with E-state index in [9.17, 15) is 9.59 Å². The van der Waals surface area contributed by atoms with Crippen LogP contribution in [0.4, 0.5) is 5.69 Å². The summed E-state index contributed by atoms with van der Waals surface area (Å²) >= 11 is 0. The molecule has 6 heteroatoms. The summed E-state index contributed by atoms with van der Waals surface area (Å²) in [5.41, 5.74) is 5.02. The van der Waals surface area contributed by atoms with Crippen molar-refractivity contribution in [1.29, 1.82) is 0 Å². The molecule has 5 atom stereocenters. The number of nitrogens with one attached hydrogen (secondary N) is 1. The molecule has 38 heavy (non-hydrogen) atoms. The third-order valence-corrected chi connectivity index (χ3v) is 9.07. The average molecular weight is 507 g/mol. The number of benzene rings is 3. The number of methoxy groups -OCH3 is 2. The quantitative estimate of drug-likeness (QED) is 0.338. The van der Waals surface area contributed by atoms with Gasteiger partial charge in [0.1, 0.15) is 11.5 Å². The van der Waals surface area contributed by atoms with Gasteiger partial charge in [0.25, 0.3) is 0 Å². The number of H-pyrrole nitrogens is 1. The molecule has 2 heterocycles. The highest BCUT2D eigenvalue weighted by Gasteiger charge is 2.59. The van der Waals surface area contributed by atoms with Crippen LogP contribution in [0.2, 0.25) is 0 Å². The summed E-state index contributed by atoms with van der Waals surface area (Å²) < 4.78 is 10.9. The summed E-state index contributed by atoms with van der Waals surface area (Å²) in [5.74, 6) is 1.01. The van der Waals surface area contributed by atoms with Gasteiger partial charge in [-0.05, 0) is 90.6 Å². The smallest absolute Gasteiger partial charge is 0.243 e. The van der Waals surface area contributed by atoms with Gasteiger partial charge in [-0.3, -0.25) is 9.59 Å². The molecule has 7 rings (SSSR count). The number of ether oxygens (including phenoxy) is 2. The Labute approximate surface area is 221 Å². The van der Waals surface area contributed by atoms with Crippen LogP contribution in [0.1, 0.15) is 53.8 Å². The van der Waals surface area contributed by atoms with Crippen molar-refractivity contribution >= 4 is 28.4 Å². The van der Waals surface area contributed by atoms with Crippen LogP contribution >= 0.6 is 0 Å². The number of hydrogen-bond acceptors (Lipinski definition) is 4. The Kier molecular flexibility index (Phi) is 5.32. The molecule has 2 aliphatic carbocycles. The number of hydrogen-bond donors (Lipinski definition) is 1. The maximum atomic E-state index is 14.2. The Hall–Kier alpha value is -4.06. The molecular weight excluding hydrogens is 476 g/mol. The molecule has 2 amide bonds. The zero-order chi connectivity index (χ0) is 26.0. The van der Waals surface area contributed by atoms with Crippen molar-refractivity contribution in [3.05, 3.63) is 89.6 Å². The van der Waals surface area contributed by atoms with Crippen LogP contribution in [0.25, 0.3) is 10.9 Å². The SMILES string of the molecule is COc1ccc(N2C(=O)C3c4[nH]c5ccc(OC)cc5c4C4CCC(c5ccccc5)CC4C3C2=O)cc1. The first-order valence-electron chi connectivity index (χ1n) is 13.4. The highest BCUT2D eigenvalue weighted by atomic mass is 16.5. The zero-order valence-corrected chi connectivity index (χ0v) is 21.5. The van der Waals surface area contributed by atoms with E-state index in [0.717, 1.165) is 41.6 Å². The van der Waals surface area contributed by atoms with E-state index in [1.165, 1.54) is 16.0 Å². The van der Waals surface area contributed by atoms with E-state index in [1.807, 2.05) is 18.2 Å². The Bertz CT molecular complexity index is 1540. The van der Waals surface area contributed by atoms with E-state index in [-0.39, 0.29) is 29.6 Å². The number of amides is 2. The lowest BCUT2D eigenvalue weighted by atomic mass is 9.58. The summed E-state index contributed by atoms with van der Waals surface area (Å²) in [7, 11) is 3.28. The second kappa shape index (κ2) is 8.76. The van der Waals surface area contributed by atoms with Gasteiger partial charge in [-0.15, -0.1) is 0 Å². The van der Waals surface area contributed by atoms with Crippen molar-refractivity contribution in [2.24, 2.45) is 11.8 Å². The largest absolute Gasteiger partial charge is 0.497 e. The predicted octanol–water partition coefficient (Wildman–Crippen LogP) is 6.14. The Morgan fingerprint density at radius 2 is 1.58 bits per heavy atom. The van der Waals surface area contributed by atoms with Gasteiger partial charge in [0, 0.05) is 16.6 Å². The summed E-state index contributed by atoms with van der Waals surface area (Å²) in [5, 5.41) is 1.11. The lowest BCUT2D eigenvalue weighted by molar-refractivity contribution is -0.123. The normalized spacial score (nSPS) is 26.2. The molecular formula is C32H30N2O4. The second-order valence-corrected chi connectivity index (χ2v) is 10.8. The van der Waals surface area contributed by atoms with Crippen LogP contribution in [0, 0.1) is 11.8 Å². The van der Waals surface area contributed by atoms with E-state index >= 15 is 0 Å². The van der Waals surface area contributed by atoms with Crippen LogP contribution in [0.5, 0.6) is 11.5 Å². The molecule has 0 spiro atoms. The third kappa shape index (κ3) is 3.32. The summed E-state index contributed by atoms with van der Waals surface area (Å²) in [4.78, 5) is 33.3. The first-order chi connectivity index (χ1) is 18.6. The van der Waals surface area contributed by atoms with Gasteiger partial charge in [0.15, 0.2) is 0 Å². The van der Waals surface area contributed by atoms with Gasteiger partial charge in [0.2, 0.25) is 11.8 Å². The van der Waals surface area contributed by atoms with Crippen LogP contribution in [-0.4, -0.2) is 31.0 Å². The Morgan fingerprint density at radius 1 is 0.842 bits per heavy atom. The molecule has 5 unspecified atom stereocenters. The molecule has 192 valence electrons. The average Bonchev–Trinajstić information content (AvgIpc) is 3.47. The molecule has 2 fully saturated rings. The van der Waals surface area contributed by atoms with E-state index in [2.05, 4.69) is 35.3 Å². The molecule has 4 aromatic rings. The van der Waals surface area contributed by atoms with Crippen LogP contribution in [0.15, 0.2) is 72.8 Å². The fourth-order valence-corrected chi connectivity index (χ4v) is 7.39. The molecule has 0 radical (unpaired) electrons. The minimum Gasteiger partial charge on any atom is -0.497 e. The molecule has 1 saturated heterocycles. The van der Waals surface area contributed by atoms with Gasteiger partial charge in [-0.2, -0.15) is 0 Å². The number of carbonyl (C=O) groups excluding carboxylic acids is 2. The number of fused-ring (bicyclic) bond motifs is 8. The number of imide groups is 1. The van der Waals surface area contributed by atoms with Gasteiger partial charge in [0.05, 0.1) is 31.7 Å². The van der Waals surface area contributed by atoms with Gasteiger partial charge in [-0.25, -0.2) is 4.90 Å². The summed E-state index contributed by atoms with van der Waals surface area (Å²) in [6, 6.07) is 23.8. The predicted molar refractivity (Wildman–Crippen MR) is 146 cm³/mol. The lowest BCUT2D eigenvalue weighted by Gasteiger charge is -2.43. The Morgan fingerprint density at radius 3 is 2.32 bits per heavy atom. The lowest BCUT2D eigenvalue weighted by Crippen LogP contribution is -2.39.